The largest absolute Gasteiger partial charge is 0.489 e. The maximum absolute atomic E-state index is 13.1. The zero-order valence-electron chi connectivity index (χ0n) is 19.8. The Labute approximate surface area is 204 Å². The van der Waals surface area contributed by atoms with Crippen molar-refractivity contribution >= 4 is 5.91 Å². The second kappa shape index (κ2) is 10.5. The van der Waals surface area contributed by atoms with E-state index in [9.17, 15) is 4.79 Å². The van der Waals surface area contributed by atoms with Gasteiger partial charge in [0.15, 0.2) is 0 Å². The first-order valence-electron chi connectivity index (χ1n) is 11.8. The van der Waals surface area contributed by atoms with E-state index in [2.05, 4.69) is 15.0 Å². The first-order valence-corrected chi connectivity index (χ1v) is 11.8. The minimum absolute atomic E-state index is 0.0225. The molecule has 1 aromatic heterocycles. The summed E-state index contributed by atoms with van der Waals surface area (Å²) in [6.07, 6.45) is 0. The highest BCUT2D eigenvalue weighted by molar-refractivity contribution is 5.94. The molecule has 1 saturated heterocycles. The highest BCUT2D eigenvalue weighted by Gasteiger charge is 2.24. The number of piperazine rings is 1. The van der Waals surface area contributed by atoms with E-state index in [4.69, 9.17) is 9.26 Å². The number of carbonyl (C=O) groups is 1. The van der Waals surface area contributed by atoms with Crippen LogP contribution in [0.4, 0.5) is 0 Å². The van der Waals surface area contributed by atoms with Crippen LogP contribution in [0.2, 0.25) is 0 Å². The molecular formula is C28H28N4O3. The van der Waals surface area contributed by atoms with E-state index in [0.29, 0.717) is 49.3 Å². The molecule has 2 heterocycles. The number of hydrogen-bond acceptors (Lipinski definition) is 6. The zero-order chi connectivity index (χ0) is 24.0. The molecule has 1 aliphatic heterocycles. The van der Waals surface area contributed by atoms with Crippen LogP contribution in [0, 0.1) is 6.92 Å². The van der Waals surface area contributed by atoms with Gasteiger partial charge in [0.25, 0.3) is 5.91 Å². The summed E-state index contributed by atoms with van der Waals surface area (Å²) >= 11 is 0. The number of nitrogens with zero attached hydrogens (tertiary/aromatic N) is 4. The fraction of sp³-hybridized carbons (Fsp3) is 0.250. The fourth-order valence-electron chi connectivity index (χ4n) is 4.08. The third-order valence-electron chi connectivity index (χ3n) is 6.13. The van der Waals surface area contributed by atoms with Crippen molar-refractivity contribution in [1.82, 2.24) is 19.9 Å². The molecule has 35 heavy (non-hydrogen) atoms. The summed E-state index contributed by atoms with van der Waals surface area (Å²) in [6.45, 7) is 5.88. The highest BCUT2D eigenvalue weighted by atomic mass is 16.5. The lowest BCUT2D eigenvalue weighted by atomic mass is 10.1. The molecule has 0 unspecified atom stereocenters. The summed E-state index contributed by atoms with van der Waals surface area (Å²) < 4.78 is 11.4. The molecule has 0 radical (unpaired) electrons. The molecule has 3 aromatic carbocycles. The molecule has 7 nitrogen and oxygen atoms in total. The second-order valence-electron chi connectivity index (χ2n) is 8.75. The predicted octanol–water partition coefficient (Wildman–Crippen LogP) is 4.58. The Morgan fingerprint density at radius 2 is 1.71 bits per heavy atom. The maximum Gasteiger partial charge on any atom is 0.254 e. The molecule has 0 atom stereocenters. The first-order chi connectivity index (χ1) is 17.1. The molecule has 0 aliphatic carbocycles. The molecule has 1 aliphatic rings. The van der Waals surface area contributed by atoms with Gasteiger partial charge in [-0.1, -0.05) is 71.4 Å². The van der Waals surface area contributed by atoms with Gasteiger partial charge in [-0.05, 0) is 30.7 Å². The normalized spacial score (nSPS) is 14.1. The number of aromatic nitrogens is 2. The minimum atomic E-state index is 0.0225. The topological polar surface area (TPSA) is 71.7 Å². The number of ether oxygens (including phenoxy) is 1. The monoisotopic (exact) mass is 468 g/mol. The standard InChI is InChI=1S/C28H28N4O3/c1-21-10-12-23(13-11-21)27-29-26(35-30-27)19-31-14-16-32(17-15-31)28(33)24-8-5-9-25(18-24)34-20-22-6-3-2-4-7-22/h2-13,18H,14-17,19-20H2,1H3. The van der Waals surface area contributed by atoms with Crippen LogP contribution in [-0.4, -0.2) is 52.0 Å². The molecule has 178 valence electrons. The summed E-state index contributed by atoms with van der Waals surface area (Å²) in [5.41, 5.74) is 3.86. The van der Waals surface area contributed by atoms with Crippen LogP contribution < -0.4 is 4.74 Å². The summed E-state index contributed by atoms with van der Waals surface area (Å²) in [5, 5.41) is 4.12. The van der Waals surface area contributed by atoms with Crippen LogP contribution in [0.3, 0.4) is 0 Å². The van der Waals surface area contributed by atoms with Crippen molar-refractivity contribution < 1.29 is 14.1 Å². The molecule has 1 fully saturated rings. The maximum atomic E-state index is 13.1. The molecule has 0 spiro atoms. The lowest BCUT2D eigenvalue weighted by Crippen LogP contribution is -2.48. The van der Waals surface area contributed by atoms with E-state index in [1.54, 1.807) is 0 Å². The molecular weight excluding hydrogens is 440 g/mol. The Bertz CT molecular complexity index is 1260. The second-order valence-corrected chi connectivity index (χ2v) is 8.75. The van der Waals surface area contributed by atoms with Crippen LogP contribution in [0.1, 0.15) is 27.4 Å². The van der Waals surface area contributed by atoms with Crippen molar-refractivity contribution in [2.75, 3.05) is 26.2 Å². The summed E-state index contributed by atoms with van der Waals surface area (Å²) in [5.74, 6) is 1.90. The first kappa shape index (κ1) is 22.8. The van der Waals surface area contributed by atoms with Crippen LogP contribution >= 0.6 is 0 Å². The number of benzene rings is 3. The van der Waals surface area contributed by atoms with Gasteiger partial charge in [-0.25, -0.2) is 0 Å². The summed E-state index contributed by atoms with van der Waals surface area (Å²) in [6, 6.07) is 25.5. The van der Waals surface area contributed by atoms with Gasteiger partial charge in [-0.15, -0.1) is 0 Å². The van der Waals surface area contributed by atoms with Gasteiger partial charge in [0.1, 0.15) is 12.4 Å². The van der Waals surface area contributed by atoms with E-state index in [1.165, 1.54) is 5.56 Å². The third kappa shape index (κ3) is 5.75. The van der Waals surface area contributed by atoms with Crippen molar-refractivity contribution in [2.24, 2.45) is 0 Å². The average molecular weight is 469 g/mol. The van der Waals surface area contributed by atoms with Gasteiger partial charge < -0.3 is 14.2 Å². The van der Waals surface area contributed by atoms with Gasteiger partial charge >= 0.3 is 0 Å². The highest BCUT2D eigenvalue weighted by Crippen LogP contribution is 2.19. The van der Waals surface area contributed by atoms with Gasteiger partial charge in [0.2, 0.25) is 11.7 Å². The van der Waals surface area contributed by atoms with E-state index in [-0.39, 0.29) is 5.91 Å². The van der Waals surface area contributed by atoms with Gasteiger partial charge in [-0.2, -0.15) is 4.98 Å². The number of rotatable bonds is 7. The summed E-state index contributed by atoms with van der Waals surface area (Å²) in [7, 11) is 0. The lowest BCUT2D eigenvalue weighted by Gasteiger charge is -2.34. The molecule has 7 heteroatoms. The molecule has 1 amide bonds. The molecule has 5 rings (SSSR count). The van der Waals surface area contributed by atoms with E-state index in [0.717, 1.165) is 24.2 Å². The van der Waals surface area contributed by atoms with Gasteiger partial charge in [0.05, 0.1) is 6.54 Å². The van der Waals surface area contributed by atoms with Crippen LogP contribution in [0.5, 0.6) is 5.75 Å². The van der Waals surface area contributed by atoms with E-state index >= 15 is 0 Å². The molecule has 0 bridgehead atoms. The Balaban J connectivity index is 1.13. The van der Waals surface area contributed by atoms with Crippen LogP contribution in [-0.2, 0) is 13.2 Å². The Kier molecular flexibility index (Phi) is 6.86. The summed E-state index contributed by atoms with van der Waals surface area (Å²) in [4.78, 5) is 21.7. The third-order valence-corrected chi connectivity index (χ3v) is 6.13. The van der Waals surface area contributed by atoms with E-state index in [1.807, 2.05) is 90.7 Å². The van der Waals surface area contributed by atoms with Crippen molar-refractivity contribution in [3.8, 4) is 17.1 Å². The lowest BCUT2D eigenvalue weighted by molar-refractivity contribution is 0.0614. The molecule has 0 saturated carbocycles. The van der Waals surface area contributed by atoms with Gasteiger partial charge in [-0.3, -0.25) is 9.69 Å². The SMILES string of the molecule is Cc1ccc(-c2noc(CN3CCN(C(=O)c4cccc(OCc5ccccc5)c4)CC3)n2)cc1. The van der Waals surface area contributed by atoms with Crippen LogP contribution in [0.25, 0.3) is 11.4 Å². The van der Waals surface area contributed by atoms with Crippen molar-refractivity contribution in [1.29, 1.82) is 0 Å². The van der Waals surface area contributed by atoms with Crippen molar-refractivity contribution in [3.63, 3.8) is 0 Å². The zero-order valence-corrected chi connectivity index (χ0v) is 19.8. The number of carbonyl (C=O) groups excluding carboxylic acids is 1. The van der Waals surface area contributed by atoms with Gasteiger partial charge in [0, 0.05) is 37.3 Å². The molecule has 0 N–H and O–H groups in total. The number of hydrogen-bond donors (Lipinski definition) is 0. The van der Waals surface area contributed by atoms with Crippen molar-refractivity contribution in [3.05, 3.63) is 101 Å². The Morgan fingerprint density at radius 3 is 2.49 bits per heavy atom. The smallest absolute Gasteiger partial charge is 0.254 e. The molecule has 4 aromatic rings. The quantitative estimate of drug-likeness (QED) is 0.395. The number of aryl methyl sites for hydroxylation is 1. The minimum Gasteiger partial charge on any atom is -0.489 e. The fourth-order valence-corrected chi connectivity index (χ4v) is 4.08. The van der Waals surface area contributed by atoms with Crippen LogP contribution in [0.15, 0.2) is 83.4 Å². The Hall–Kier alpha value is -3.97. The Morgan fingerprint density at radius 1 is 0.943 bits per heavy atom. The van der Waals surface area contributed by atoms with E-state index < -0.39 is 0 Å². The average Bonchev–Trinajstić information content (AvgIpc) is 3.37. The predicted molar refractivity (Wildman–Crippen MR) is 133 cm³/mol. The number of amides is 1. The van der Waals surface area contributed by atoms with Crippen molar-refractivity contribution in [2.45, 2.75) is 20.1 Å².